The van der Waals surface area contributed by atoms with Crippen LogP contribution in [0, 0.1) is 0 Å². The summed E-state index contributed by atoms with van der Waals surface area (Å²) in [7, 11) is 0. The molecular weight excluding hydrogens is 320 g/mol. The predicted molar refractivity (Wildman–Crippen MR) is 84.8 cm³/mol. The summed E-state index contributed by atoms with van der Waals surface area (Å²) < 4.78 is 1.41. The molecule has 122 valence electrons. The van der Waals surface area contributed by atoms with Gasteiger partial charge in [-0.3, -0.25) is 4.79 Å². The zero-order valence-corrected chi connectivity index (χ0v) is 13.3. The van der Waals surface area contributed by atoms with Crippen molar-refractivity contribution in [3.8, 4) is 5.69 Å². The van der Waals surface area contributed by atoms with Crippen molar-refractivity contribution >= 4 is 23.5 Å². The van der Waals surface area contributed by atoms with Gasteiger partial charge in [0.25, 0.3) is 5.91 Å². The van der Waals surface area contributed by atoms with Gasteiger partial charge in [-0.25, -0.2) is 9.48 Å². The van der Waals surface area contributed by atoms with Crippen LogP contribution in [-0.2, 0) is 4.79 Å². The highest BCUT2D eigenvalue weighted by atomic mass is 35.5. The van der Waals surface area contributed by atoms with E-state index >= 15 is 0 Å². The van der Waals surface area contributed by atoms with E-state index in [1.807, 2.05) is 6.92 Å². The molecule has 2 aromatic rings. The molecule has 0 radical (unpaired) electrons. The fourth-order valence-electron chi connectivity index (χ4n) is 2.01. The van der Waals surface area contributed by atoms with Crippen molar-refractivity contribution in [1.29, 1.82) is 0 Å². The number of carbonyl (C=O) groups excluding carboxylic acids is 1. The summed E-state index contributed by atoms with van der Waals surface area (Å²) in [6.07, 6.45) is 3.37. The SMILES string of the molecule is CCCC[C@H](NC(=O)c1cn(-c2cccc(Cl)c2)nn1)C(=O)O. The maximum absolute atomic E-state index is 12.1. The Morgan fingerprint density at radius 1 is 1.43 bits per heavy atom. The van der Waals surface area contributed by atoms with Gasteiger partial charge in [-0.05, 0) is 24.6 Å². The molecule has 1 aromatic heterocycles. The normalized spacial score (nSPS) is 11.9. The summed E-state index contributed by atoms with van der Waals surface area (Å²) in [6, 6.07) is 5.99. The Morgan fingerprint density at radius 3 is 2.87 bits per heavy atom. The number of hydrogen-bond donors (Lipinski definition) is 2. The van der Waals surface area contributed by atoms with Crippen molar-refractivity contribution in [2.45, 2.75) is 32.2 Å². The summed E-state index contributed by atoms with van der Waals surface area (Å²) in [5, 5.41) is 19.8. The number of aromatic nitrogens is 3. The van der Waals surface area contributed by atoms with E-state index in [1.165, 1.54) is 10.9 Å². The van der Waals surface area contributed by atoms with Gasteiger partial charge in [0.05, 0.1) is 11.9 Å². The summed E-state index contributed by atoms with van der Waals surface area (Å²) in [4.78, 5) is 23.3. The van der Waals surface area contributed by atoms with Crippen LogP contribution in [0.25, 0.3) is 5.69 Å². The lowest BCUT2D eigenvalue weighted by atomic mass is 10.1. The molecule has 1 heterocycles. The number of benzene rings is 1. The average Bonchev–Trinajstić information content (AvgIpc) is 3.01. The highest BCUT2D eigenvalue weighted by Crippen LogP contribution is 2.14. The number of halogens is 1. The Balaban J connectivity index is 2.10. The lowest BCUT2D eigenvalue weighted by molar-refractivity contribution is -0.139. The van der Waals surface area contributed by atoms with Gasteiger partial charge in [0.15, 0.2) is 5.69 Å². The second kappa shape index (κ2) is 7.73. The first-order valence-electron chi connectivity index (χ1n) is 7.23. The molecule has 0 saturated carbocycles. The Hall–Kier alpha value is -2.41. The van der Waals surface area contributed by atoms with Gasteiger partial charge in [0.2, 0.25) is 0 Å². The van der Waals surface area contributed by atoms with Crippen molar-refractivity contribution in [1.82, 2.24) is 20.3 Å². The van der Waals surface area contributed by atoms with Crippen LogP contribution in [-0.4, -0.2) is 38.0 Å². The first kappa shape index (κ1) is 17.0. The standard InChI is InChI=1S/C15H17ClN4O3/c1-2-3-7-12(15(22)23)17-14(21)13-9-20(19-18-13)11-6-4-5-10(16)8-11/h4-6,8-9,12H,2-3,7H2,1H3,(H,17,21)(H,22,23)/t12-/m0/s1. The van der Waals surface area contributed by atoms with E-state index in [0.29, 0.717) is 23.6 Å². The van der Waals surface area contributed by atoms with Crippen LogP contribution in [0.3, 0.4) is 0 Å². The van der Waals surface area contributed by atoms with Crippen LogP contribution in [0.5, 0.6) is 0 Å². The van der Waals surface area contributed by atoms with Crippen molar-refractivity contribution in [2.75, 3.05) is 0 Å². The maximum Gasteiger partial charge on any atom is 0.326 e. The molecule has 0 fully saturated rings. The molecule has 1 aromatic carbocycles. The van der Waals surface area contributed by atoms with Crippen molar-refractivity contribution in [3.05, 3.63) is 41.2 Å². The van der Waals surface area contributed by atoms with Crippen LogP contribution in [0.4, 0.5) is 0 Å². The van der Waals surface area contributed by atoms with Crippen molar-refractivity contribution < 1.29 is 14.7 Å². The summed E-state index contributed by atoms with van der Waals surface area (Å²) in [6.45, 7) is 1.96. The van der Waals surface area contributed by atoms with Gasteiger partial charge in [0.1, 0.15) is 6.04 Å². The molecule has 7 nitrogen and oxygen atoms in total. The van der Waals surface area contributed by atoms with E-state index < -0.39 is 17.9 Å². The monoisotopic (exact) mass is 336 g/mol. The molecule has 1 atom stereocenters. The Kier molecular flexibility index (Phi) is 5.70. The number of hydrogen-bond acceptors (Lipinski definition) is 4. The first-order chi connectivity index (χ1) is 11.0. The van der Waals surface area contributed by atoms with E-state index in [-0.39, 0.29) is 5.69 Å². The van der Waals surface area contributed by atoms with Gasteiger partial charge >= 0.3 is 5.97 Å². The van der Waals surface area contributed by atoms with Crippen LogP contribution in [0.15, 0.2) is 30.5 Å². The molecular formula is C15H17ClN4O3. The number of nitrogens with zero attached hydrogens (tertiary/aromatic N) is 3. The van der Waals surface area contributed by atoms with E-state index in [9.17, 15) is 9.59 Å². The second-order valence-electron chi connectivity index (χ2n) is 5.03. The molecule has 23 heavy (non-hydrogen) atoms. The minimum Gasteiger partial charge on any atom is -0.480 e. The number of rotatable bonds is 7. The molecule has 0 bridgehead atoms. The largest absolute Gasteiger partial charge is 0.480 e. The van der Waals surface area contributed by atoms with Crippen LogP contribution in [0.2, 0.25) is 5.02 Å². The fraction of sp³-hybridized carbons (Fsp3) is 0.333. The summed E-state index contributed by atoms with van der Waals surface area (Å²) >= 11 is 5.91. The van der Waals surface area contributed by atoms with Crippen LogP contribution >= 0.6 is 11.6 Å². The number of unbranched alkanes of at least 4 members (excludes halogenated alkanes) is 1. The number of carboxylic acids is 1. The predicted octanol–water partition coefficient (Wildman–Crippen LogP) is 2.29. The molecule has 0 aliphatic carbocycles. The Bertz CT molecular complexity index is 702. The highest BCUT2D eigenvalue weighted by molar-refractivity contribution is 6.30. The minimum atomic E-state index is -1.06. The lowest BCUT2D eigenvalue weighted by Gasteiger charge is -2.12. The van der Waals surface area contributed by atoms with E-state index in [0.717, 1.165) is 6.42 Å². The zero-order chi connectivity index (χ0) is 16.8. The molecule has 8 heteroatoms. The molecule has 0 aliphatic rings. The Labute approximate surface area is 138 Å². The van der Waals surface area contributed by atoms with E-state index in [4.69, 9.17) is 16.7 Å². The van der Waals surface area contributed by atoms with Crippen molar-refractivity contribution in [3.63, 3.8) is 0 Å². The van der Waals surface area contributed by atoms with Crippen LogP contribution < -0.4 is 5.32 Å². The molecule has 2 N–H and O–H groups in total. The van der Waals surface area contributed by atoms with Gasteiger partial charge in [-0.15, -0.1) is 5.10 Å². The zero-order valence-electron chi connectivity index (χ0n) is 12.6. The molecule has 0 spiro atoms. The van der Waals surface area contributed by atoms with Gasteiger partial charge in [-0.2, -0.15) is 0 Å². The summed E-state index contributed by atoms with van der Waals surface area (Å²) in [5.74, 6) is -1.63. The first-order valence-corrected chi connectivity index (χ1v) is 7.61. The third-order valence-electron chi connectivity index (χ3n) is 3.25. The number of carbonyl (C=O) groups is 2. The topological polar surface area (TPSA) is 97.1 Å². The third kappa shape index (κ3) is 4.53. The fourth-order valence-corrected chi connectivity index (χ4v) is 2.20. The third-order valence-corrected chi connectivity index (χ3v) is 3.48. The average molecular weight is 337 g/mol. The number of amides is 1. The Morgan fingerprint density at radius 2 is 2.22 bits per heavy atom. The lowest BCUT2D eigenvalue weighted by Crippen LogP contribution is -2.40. The quantitative estimate of drug-likeness (QED) is 0.808. The second-order valence-corrected chi connectivity index (χ2v) is 5.47. The molecule has 0 aliphatic heterocycles. The molecule has 0 saturated heterocycles. The van der Waals surface area contributed by atoms with Crippen molar-refractivity contribution in [2.24, 2.45) is 0 Å². The molecule has 0 unspecified atom stereocenters. The molecule has 1 amide bonds. The number of nitrogens with one attached hydrogen (secondary N) is 1. The number of carboxylic acid groups (broad SMARTS) is 1. The molecule has 2 rings (SSSR count). The van der Waals surface area contributed by atoms with E-state index in [2.05, 4.69) is 15.6 Å². The smallest absolute Gasteiger partial charge is 0.326 e. The summed E-state index contributed by atoms with van der Waals surface area (Å²) in [5.41, 5.74) is 0.706. The maximum atomic E-state index is 12.1. The van der Waals surface area contributed by atoms with Crippen LogP contribution in [0.1, 0.15) is 36.7 Å². The minimum absolute atomic E-state index is 0.0488. The van der Waals surface area contributed by atoms with Gasteiger partial charge < -0.3 is 10.4 Å². The highest BCUT2D eigenvalue weighted by Gasteiger charge is 2.21. The van der Waals surface area contributed by atoms with Gasteiger partial charge in [-0.1, -0.05) is 42.6 Å². The van der Waals surface area contributed by atoms with Gasteiger partial charge in [0, 0.05) is 5.02 Å². The van der Waals surface area contributed by atoms with E-state index in [1.54, 1.807) is 24.3 Å². The number of aliphatic carboxylic acids is 1.